The molecule has 0 radical (unpaired) electrons. The quantitative estimate of drug-likeness (QED) is 0.242. The molecule has 6 nitrogen and oxygen atoms in total. The number of ether oxygens (including phenoxy) is 3. The first-order chi connectivity index (χ1) is 13.6. The number of allylic oxidation sites excluding steroid dienone is 4. The van der Waals surface area contributed by atoms with Crippen molar-refractivity contribution in [1.82, 2.24) is 0 Å². The first-order valence-corrected chi connectivity index (χ1v) is 10.0. The molecule has 156 valence electrons. The van der Waals surface area contributed by atoms with E-state index in [1.807, 2.05) is 18.2 Å². The highest BCUT2D eigenvalue weighted by atomic mass is 16.7. The topological polar surface area (TPSA) is 78.9 Å². The Morgan fingerprint density at radius 2 is 1.93 bits per heavy atom. The van der Waals surface area contributed by atoms with Crippen molar-refractivity contribution in [3.05, 3.63) is 37.0 Å². The summed E-state index contributed by atoms with van der Waals surface area (Å²) >= 11 is 0. The molecule has 1 rings (SSSR count). The fourth-order valence-corrected chi connectivity index (χ4v) is 2.80. The highest BCUT2D eigenvalue weighted by molar-refractivity contribution is 5.86. The highest BCUT2D eigenvalue weighted by Gasteiger charge is 2.22. The lowest BCUT2D eigenvalue weighted by Crippen LogP contribution is -2.26. The van der Waals surface area contributed by atoms with Crippen molar-refractivity contribution in [2.45, 2.75) is 64.4 Å². The Labute approximate surface area is 167 Å². The number of carbonyl (C=O) groups excluding carboxylic acids is 3. The Hall–Kier alpha value is -2.37. The van der Waals surface area contributed by atoms with Crippen LogP contribution < -0.4 is 0 Å². The van der Waals surface area contributed by atoms with E-state index in [4.69, 9.17) is 14.2 Å². The van der Waals surface area contributed by atoms with E-state index in [-0.39, 0.29) is 31.3 Å². The zero-order valence-electron chi connectivity index (χ0n) is 16.8. The molecule has 0 fully saturated rings. The fraction of sp³-hybridized carbons (Fsp3) is 0.591. The summed E-state index contributed by atoms with van der Waals surface area (Å²) in [5, 5.41) is 0. The molecule has 0 spiro atoms. The van der Waals surface area contributed by atoms with E-state index in [0.29, 0.717) is 12.8 Å². The Balaban J connectivity index is 2.42. The van der Waals surface area contributed by atoms with Crippen LogP contribution in [0.5, 0.6) is 0 Å². The highest BCUT2D eigenvalue weighted by Crippen LogP contribution is 2.15. The summed E-state index contributed by atoms with van der Waals surface area (Å²) in [5.74, 6) is -0.951. The molecule has 0 aromatic heterocycles. The standard InChI is InChI=1S/C22H32O6/c1-3-5-6-7-11-14-19(28-22(25)26-15-4-2)16-21(24)27-17-20(23)18-12-9-8-10-13-18/h4,8-10,12,18-19H,2-3,5-7,11,13-17H2,1H3/t18?,19-/m1/s1. The van der Waals surface area contributed by atoms with Crippen LogP contribution in [0.2, 0.25) is 0 Å². The molecular formula is C22H32O6. The van der Waals surface area contributed by atoms with Gasteiger partial charge in [0.2, 0.25) is 0 Å². The zero-order valence-corrected chi connectivity index (χ0v) is 16.8. The summed E-state index contributed by atoms with van der Waals surface area (Å²) in [5.41, 5.74) is 0. The molecular weight excluding hydrogens is 360 g/mol. The van der Waals surface area contributed by atoms with Gasteiger partial charge in [0.05, 0.1) is 6.42 Å². The fourth-order valence-electron chi connectivity index (χ4n) is 2.80. The molecule has 0 N–H and O–H groups in total. The molecule has 0 saturated heterocycles. The maximum absolute atomic E-state index is 12.1. The van der Waals surface area contributed by atoms with Gasteiger partial charge in [0.15, 0.2) is 12.4 Å². The minimum atomic E-state index is -0.832. The third kappa shape index (κ3) is 10.7. The molecule has 1 aliphatic rings. The van der Waals surface area contributed by atoms with Crippen molar-refractivity contribution in [1.29, 1.82) is 0 Å². The van der Waals surface area contributed by atoms with Crippen LogP contribution in [0.4, 0.5) is 4.79 Å². The van der Waals surface area contributed by atoms with E-state index >= 15 is 0 Å². The van der Waals surface area contributed by atoms with Crippen LogP contribution in [-0.2, 0) is 23.8 Å². The van der Waals surface area contributed by atoms with E-state index < -0.39 is 18.2 Å². The normalized spacial score (nSPS) is 16.2. The summed E-state index contributed by atoms with van der Waals surface area (Å²) in [7, 11) is 0. The molecule has 0 aromatic rings. The van der Waals surface area contributed by atoms with Crippen LogP contribution in [0.3, 0.4) is 0 Å². The number of hydrogen-bond acceptors (Lipinski definition) is 6. The molecule has 0 aromatic carbocycles. The van der Waals surface area contributed by atoms with Crippen molar-refractivity contribution in [3.63, 3.8) is 0 Å². The van der Waals surface area contributed by atoms with Crippen LogP contribution in [0.1, 0.15) is 58.3 Å². The van der Waals surface area contributed by atoms with E-state index in [9.17, 15) is 14.4 Å². The van der Waals surface area contributed by atoms with E-state index in [1.54, 1.807) is 6.08 Å². The average molecular weight is 392 g/mol. The predicted molar refractivity (Wildman–Crippen MR) is 107 cm³/mol. The van der Waals surface area contributed by atoms with Gasteiger partial charge in [-0.05, 0) is 19.3 Å². The molecule has 0 saturated carbocycles. The van der Waals surface area contributed by atoms with Gasteiger partial charge in [-0.2, -0.15) is 0 Å². The number of unbranched alkanes of at least 4 members (excludes halogenated alkanes) is 4. The Morgan fingerprint density at radius 3 is 2.61 bits per heavy atom. The second-order valence-electron chi connectivity index (χ2n) is 6.78. The van der Waals surface area contributed by atoms with Gasteiger partial charge < -0.3 is 14.2 Å². The molecule has 0 heterocycles. The second kappa shape index (κ2) is 14.7. The van der Waals surface area contributed by atoms with Crippen LogP contribution in [0, 0.1) is 5.92 Å². The largest absolute Gasteiger partial charge is 0.508 e. The van der Waals surface area contributed by atoms with Gasteiger partial charge >= 0.3 is 12.1 Å². The molecule has 0 amide bonds. The Bertz CT molecular complexity index is 563. The summed E-state index contributed by atoms with van der Waals surface area (Å²) in [6, 6.07) is 0. The summed E-state index contributed by atoms with van der Waals surface area (Å²) in [4.78, 5) is 35.9. The maximum atomic E-state index is 12.1. The molecule has 0 bridgehead atoms. The smallest absolute Gasteiger partial charge is 0.458 e. The lowest BCUT2D eigenvalue weighted by Gasteiger charge is -2.17. The summed E-state index contributed by atoms with van der Waals surface area (Å²) < 4.78 is 15.2. The lowest BCUT2D eigenvalue weighted by molar-refractivity contribution is -0.150. The number of rotatable bonds is 14. The van der Waals surface area contributed by atoms with Gasteiger partial charge in [-0.3, -0.25) is 9.59 Å². The molecule has 2 atom stereocenters. The average Bonchev–Trinajstić information content (AvgIpc) is 2.70. The Kier molecular flexibility index (Phi) is 12.4. The van der Waals surface area contributed by atoms with Crippen molar-refractivity contribution < 1.29 is 28.6 Å². The Morgan fingerprint density at radius 1 is 1.14 bits per heavy atom. The van der Waals surface area contributed by atoms with Crippen molar-refractivity contribution in [2.24, 2.45) is 5.92 Å². The van der Waals surface area contributed by atoms with Gasteiger partial charge in [-0.25, -0.2) is 4.79 Å². The number of hydrogen-bond donors (Lipinski definition) is 0. The minimum Gasteiger partial charge on any atom is -0.458 e. The third-order valence-electron chi connectivity index (χ3n) is 4.38. The minimum absolute atomic E-state index is 0.0460. The zero-order chi connectivity index (χ0) is 20.6. The number of ketones is 1. The summed E-state index contributed by atoms with van der Waals surface area (Å²) in [6.45, 7) is 5.38. The third-order valence-corrected chi connectivity index (χ3v) is 4.38. The van der Waals surface area contributed by atoms with Gasteiger partial charge in [0.25, 0.3) is 0 Å². The molecule has 28 heavy (non-hydrogen) atoms. The van der Waals surface area contributed by atoms with E-state index in [0.717, 1.165) is 32.1 Å². The van der Waals surface area contributed by atoms with Crippen molar-refractivity contribution in [2.75, 3.05) is 13.2 Å². The monoisotopic (exact) mass is 392 g/mol. The molecule has 6 heteroatoms. The van der Waals surface area contributed by atoms with Crippen molar-refractivity contribution in [3.8, 4) is 0 Å². The predicted octanol–water partition coefficient (Wildman–Crippen LogP) is 4.69. The second-order valence-corrected chi connectivity index (χ2v) is 6.78. The van der Waals surface area contributed by atoms with Gasteiger partial charge in [-0.1, -0.05) is 69.6 Å². The van der Waals surface area contributed by atoms with Crippen LogP contribution in [0.15, 0.2) is 37.0 Å². The van der Waals surface area contributed by atoms with E-state index in [1.165, 1.54) is 6.08 Å². The van der Waals surface area contributed by atoms with Crippen LogP contribution in [-0.4, -0.2) is 37.2 Å². The SMILES string of the molecule is C=CCOC(=O)O[C@H](CCCCCCC)CC(=O)OCC(=O)C1C=CC=CC1. The van der Waals surface area contributed by atoms with Gasteiger partial charge in [0.1, 0.15) is 12.7 Å². The molecule has 1 aliphatic carbocycles. The number of esters is 1. The number of carbonyl (C=O) groups is 3. The molecule has 0 aliphatic heterocycles. The van der Waals surface area contributed by atoms with Crippen LogP contribution >= 0.6 is 0 Å². The van der Waals surface area contributed by atoms with Crippen molar-refractivity contribution >= 4 is 17.9 Å². The summed E-state index contributed by atoms with van der Waals surface area (Å²) in [6.07, 6.45) is 13.7. The van der Waals surface area contributed by atoms with E-state index in [2.05, 4.69) is 13.5 Å². The van der Waals surface area contributed by atoms with Crippen LogP contribution in [0.25, 0.3) is 0 Å². The molecule has 1 unspecified atom stereocenters. The lowest BCUT2D eigenvalue weighted by atomic mass is 9.97. The maximum Gasteiger partial charge on any atom is 0.508 e. The van der Waals surface area contributed by atoms with Gasteiger partial charge in [0, 0.05) is 5.92 Å². The first kappa shape index (κ1) is 23.7. The number of Topliss-reactive ketones (excluding diaryl/α,β-unsaturated/α-hetero) is 1. The van der Waals surface area contributed by atoms with Gasteiger partial charge in [-0.15, -0.1) is 0 Å². The first-order valence-electron chi connectivity index (χ1n) is 10.0.